The number of thiophene rings is 1. The third kappa shape index (κ3) is 4.88. The summed E-state index contributed by atoms with van der Waals surface area (Å²) >= 11 is 3.05. The Hall–Kier alpha value is -2.71. The van der Waals surface area contributed by atoms with Crippen LogP contribution in [0.1, 0.15) is 34.6 Å². The highest BCUT2D eigenvalue weighted by Crippen LogP contribution is 2.32. The van der Waals surface area contributed by atoms with Crippen molar-refractivity contribution < 1.29 is 9.59 Å². The van der Waals surface area contributed by atoms with Gasteiger partial charge >= 0.3 is 0 Å². The number of nitrogens with zero attached hydrogens (tertiary/aromatic N) is 3. The SMILES string of the molecule is C=CCn1c(SCC(=O)Nc2ccc(C(C)=O)cc2)nnc1-c1csc(C)c1CC. The summed E-state index contributed by atoms with van der Waals surface area (Å²) in [5.41, 5.74) is 3.64. The number of aryl methyl sites for hydroxylation is 1. The molecule has 0 bridgehead atoms. The standard InChI is InChI=1S/C22H24N4O2S2/c1-5-11-26-21(19-12-29-15(4)18(19)6-2)24-25-22(26)30-13-20(28)23-17-9-7-16(8-10-17)14(3)27/h5,7-10,12H,1,6,11,13H2,2-4H3,(H,23,28). The molecule has 0 radical (unpaired) electrons. The minimum absolute atomic E-state index is 0.00663. The fourth-order valence-corrected chi connectivity index (χ4v) is 4.80. The number of aromatic nitrogens is 3. The zero-order valence-electron chi connectivity index (χ0n) is 17.3. The van der Waals surface area contributed by atoms with Crippen molar-refractivity contribution >= 4 is 40.5 Å². The third-order valence-electron chi connectivity index (χ3n) is 4.63. The molecule has 0 aliphatic heterocycles. The summed E-state index contributed by atoms with van der Waals surface area (Å²) in [6, 6.07) is 6.85. The van der Waals surface area contributed by atoms with E-state index in [2.05, 4.69) is 41.3 Å². The Morgan fingerprint density at radius 1 is 1.27 bits per heavy atom. The zero-order chi connectivity index (χ0) is 21.7. The summed E-state index contributed by atoms with van der Waals surface area (Å²) in [5, 5.41) is 14.4. The molecule has 0 fully saturated rings. The molecule has 30 heavy (non-hydrogen) atoms. The van der Waals surface area contributed by atoms with Crippen molar-refractivity contribution in [1.82, 2.24) is 14.8 Å². The molecule has 1 N–H and O–H groups in total. The molecule has 1 aromatic carbocycles. The molecule has 0 unspecified atom stereocenters. The summed E-state index contributed by atoms with van der Waals surface area (Å²) < 4.78 is 1.99. The van der Waals surface area contributed by atoms with Gasteiger partial charge in [0.1, 0.15) is 0 Å². The Balaban J connectivity index is 1.72. The van der Waals surface area contributed by atoms with Crippen LogP contribution in [0.25, 0.3) is 11.4 Å². The fourth-order valence-electron chi connectivity index (χ4n) is 3.11. The van der Waals surface area contributed by atoms with Crippen LogP contribution in [0.15, 0.2) is 47.5 Å². The molecule has 0 spiro atoms. The second kappa shape index (κ2) is 9.86. The average Bonchev–Trinajstić information content (AvgIpc) is 3.29. The van der Waals surface area contributed by atoms with E-state index in [1.807, 2.05) is 4.57 Å². The van der Waals surface area contributed by atoms with Crippen molar-refractivity contribution in [1.29, 1.82) is 0 Å². The monoisotopic (exact) mass is 440 g/mol. The first-order valence-electron chi connectivity index (χ1n) is 9.59. The van der Waals surface area contributed by atoms with Crippen LogP contribution in [0.3, 0.4) is 0 Å². The van der Waals surface area contributed by atoms with Gasteiger partial charge in [-0.25, -0.2) is 0 Å². The predicted octanol–water partition coefficient (Wildman–Crippen LogP) is 5.00. The van der Waals surface area contributed by atoms with Gasteiger partial charge in [0, 0.05) is 33.6 Å². The van der Waals surface area contributed by atoms with Gasteiger partial charge < -0.3 is 5.32 Å². The van der Waals surface area contributed by atoms with Crippen LogP contribution in [0.4, 0.5) is 5.69 Å². The number of Topliss-reactive ketones (excluding diaryl/α,β-unsaturated/α-hetero) is 1. The van der Waals surface area contributed by atoms with E-state index in [0.29, 0.717) is 23.0 Å². The van der Waals surface area contributed by atoms with Gasteiger partial charge in [-0.1, -0.05) is 24.8 Å². The summed E-state index contributed by atoms with van der Waals surface area (Å²) in [6.07, 6.45) is 2.73. The smallest absolute Gasteiger partial charge is 0.234 e. The molecule has 0 aliphatic rings. The van der Waals surface area contributed by atoms with Gasteiger partial charge in [-0.05, 0) is 50.1 Å². The van der Waals surface area contributed by atoms with E-state index in [9.17, 15) is 9.59 Å². The van der Waals surface area contributed by atoms with Crippen LogP contribution in [-0.2, 0) is 17.8 Å². The molecule has 0 saturated carbocycles. The van der Waals surface area contributed by atoms with E-state index in [0.717, 1.165) is 17.8 Å². The summed E-state index contributed by atoms with van der Waals surface area (Å²) in [6.45, 7) is 10.2. The van der Waals surface area contributed by atoms with Crippen molar-refractivity contribution in [3.05, 3.63) is 58.3 Å². The molecule has 3 aromatic rings. The first-order chi connectivity index (χ1) is 14.4. The highest BCUT2D eigenvalue weighted by atomic mass is 32.2. The molecule has 6 nitrogen and oxygen atoms in total. The maximum Gasteiger partial charge on any atom is 0.234 e. The lowest BCUT2D eigenvalue weighted by Crippen LogP contribution is -2.14. The maximum atomic E-state index is 12.4. The molecule has 0 aliphatic carbocycles. The second-order valence-electron chi connectivity index (χ2n) is 6.71. The van der Waals surface area contributed by atoms with E-state index in [1.165, 1.54) is 29.1 Å². The molecule has 0 atom stereocenters. The van der Waals surface area contributed by atoms with E-state index in [4.69, 9.17) is 0 Å². The van der Waals surface area contributed by atoms with Crippen LogP contribution in [0.2, 0.25) is 0 Å². The number of amides is 1. The lowest BCUT2D eigenvalue weighted by Gasteiger charge is -2.09. The first kappa shape index (κ1) is 22.0. The number of ketones is 1. The largest absolute Gasteiger partial charge is 0.325 e. The number of rotatable bonds is 9. The molecule has 2 aromatic heterocycles. The number of carbonyl (C=O) groups is 2. The minimum Gasteiger partial charge on any atom is -0.325 e. The fraction of sp³-hybridized carbons (Fsp3) is 0.273. The summed E-state index contributed by atoms with van der Waals surface area (Å²) in [7, 11) is 0. The lowest BCUT2D eigenvalue weighted by atomic mass is 10.1. The Morgan fingerprint density at radius 3 is 2.63 bits per heavy atom. The van der Waals surface area contributed by atoms with E-state index in [1.54, 1.807) is 41.7 Å². The Labute approximate surface area is 184 Å². The first-order valence-corrected chi connectivity index (χ1v) is 11.5. The van der Waals surface area contributed by atoms with Crippen molar-refractivity contribution in [3.8, 4) is 11.4 Å². The third-order valence-corrected chi connectivity index (χ3v) is 6.55. The van der Waals surface area contributed by atoms with Crippen molar-refractivity contribution in [2.45, 2.75) is 38.9 Å². The predicted molar refractivity (Wildman–Crippen MR) is 123 cm³/mol. The highest BCUT2D eigenvalue weighted by molar-refractivity contribution is 7.99. The number of nitrogens with one attached hydrogen (secondary N) is 1. The average molecular weight is 441 g/mol. The van der Waals surface area contributed by atoms with Crippen molar-refractivity contribution in [3.63, 3.8) is 0 Å². The van der Waals surface area contributed by atoms with E-state index < -0.39 is 0 Å². The number of thioether (sulfide) groups is 1. The molecule has 0 saturated heterocycles. The number of hydrogen-bond acceptors (Lipinski definition) is 6. The van der Waals surface area contributed by atoms with Crippen LogP contribution in [-0.4, -0.2) is 32.2 Å². The maximum absolute atomic E-state index is 12.4. The van der Waals surface area contributed by atoms with Crippen molar-refractivity contribution in [2.75, 3.05) is 11.1 Å². The van der Waals surface area contributed by atoms with Crippen LogP contribution < -0.4 is 5.32 Å². The minimum atomic E-state index is -0.147. The van der Waals surface area contributed by atoms with E-state index in [-0.39, 0.29) is 17.4 Å². The van der Waals surface area contributed by atoms with Gasteiger partial charge in [0.05, 0.1) is 5.75 Å². The van der Waals surface area contributed by atoms with Crippen LogP contribution >= 0.6 is 23.1 Å². The molecule has 2 heterocycles. The highest BCUT2D eigenvalue weighted by Gasteiger charge is 2.19. The van der Waals surface area contributed by atoms with Gasteiger partial charge in [-0.2, -0.15) is 0 Å². The molecular formula is C22H24N4O2S2. The summed E-state index contributed by atoms with van der Waals surface area (Å²) in [4.78, 5) is 25.0. The van der Waals surface area contributed by atoms with E-state index >= 15 is 0 Å². The second-order valence-corrected chi connectivity index (χ2v) is 8.74. The van der Waals surface area contributed by atoms with Crippen LogP contribution in [0, 0.1) is 6.92 Å². The van der Waals surface area contributed by atoms with Crippen LogP contribution in [0.5, 0.6) is 0 Å². The topological polar surface area (TPSA) is 76.9 Å². The molecule has 156 valence electrons. The van der Waals surface area contributed by atoms with Crippen molar-refractivity contribution in [2.24, 2.45) is 0 Å². The Bertz CT molecular complexity index is 1070. The van der Waals surface area contributed by atoms with Gasteiger partial charge in [0.15, 0.2) is 16.8 Å². The number of anilines is 1. The molecule has 1 amide bonds. The lowest BCUT2D eigenvalue weighted by molar-refractivity contribution is -0.113. The number of hydrogen-bond donors (Lipinski definition) is 1. The molecular weight excluding hydrogens is 416 g/mol. The number of benzene rings is 1. The number of carbonyl (C=O) groups excluding carboxylic acids is 2. The summed E-state index contributed by atoms with van der Waals surface area (Å²) in [5.74, 6) is 0.852. The normalized spacial score (nSPS) is 10.8. The van der Waals surface area contributed by atoms with Gasteiger partial charge in [0.2, 0.25) is 5.91 Å². The van der Waals surface area contributed by atoms with Gasteiger partial charge in [0.25, 0.3) is 0 Å². The Kier molecular flexibility index (Phi) is 7.23. The zero-order valence-corrected chi connectivity index (χ0v) is 18.9. The molecule has 3 rings (SSSR count). The van der Waals surface area contributed by atoms with Gasteiger partial charge in [-0.15, -0.1) is 28.1 Å². The Morgan fingerprint density at radius 2 is 2.00 bits per heavy atom. The molecule has 8 heteroatoms. The van der Waals surface area contributed by atoms with Gasteiger partial charge in [-0.3, -0.25) is 14.2 Å². The quantitative estimate of drug-likeness (QED) is 0.288. The number of allylic oxidation sites excluding steroid dienone is 1.